The molecule has 0 unspecified atom stereocenters. The molecule has 3 aromatic carbocycles. The Balaban J connectivity index is 1.20. The number of nitrogens with one attached hydrogen (secondary N) is 3. The summed E-state index contributed by atoms with van der Waals surface area (Å²) in [5.41, 5.74) is 3.08. The van der Waals surface area contributed by atoms with Crippen molar-refractivity contribution in [1.29, 1.82) is 0 Å². The van der Waals surface area contributed by atoms with E-state index < -0.39 is 5.41 Å². The fourth-order valence-corrected chi connectivity index (χ4v) is 4.27. The number of hydrogen-bond acceptors (Lipinski definition) is 4. The van der Waals surface area contributed by atoms with Gasteiger partial charge in [0.2, 0.25) is 12.7 Å². The number of aromatic nitrogens is 1. The summed E-state index contributed by atoms with van der Waals surface area (Å²) >= 11 is 0. The molecule has 3 N–H and O–H groups in total. The lowest BCUT2D eigenvalue weighted by atomic mass is 9.94. The van der Waals surface area contributed by atoms with Crippen LogP contribution in [0, 0.1) is 0 Å². The summed E-state index contributed by atoms with van der Waals surface area (Å²) in [7, 11) is 0. The maximum atomic E-state index is 13.2. The summed E-state index contributed by atoms with van der Waals surface area (Å²) in [6.07, 6.45) is 1.57. The van der Waals surface area contributed by atoms with Crippen LogP contribution in [-0.2, 0) is 10.2 Å². The van der Waals surface area contributed by atoms with Crippen molar-refractivity contribution >= 4 is 34.1 Å². The highest BCUT2D eigenvalue weighted by Gasteiger charge is 2.51. The summed E-state index contributed by atoms with van der Waals surface area (Å²) in [6, 6.07) is 22.4. The Morgan fingerprint density at radius 1 is 0.818 bits per heavy atom. The van der Waals surface area contributed by atoms with Crippen molar-refractivity contribution in [2.45, 2.75) is 18.3 Å². The van der Waals surface area contributed by atoms with Gasteiger partial charge in [0.25, 0.3) is 5.91 Å². The molecule has 0 atom stereocenters. The zero-order valence-electron chi connectivity index (χ0n) is 17.7. The van der Waals surface area contributed by atoms with Crippen molar-refractivity contribution in [1.82, 2.24) is 4.98 Å². The molecule has 0 saturated heterocycles. The Bertz CT molecular complexity index is 1390. The van der Waals surface area contributed by atoms with Crippen LogP contribution in [0.1, 0.15) is 28.9 Å². The van der Waals surface area contributed by atoms with E-state index in [0.29, 0.717) is 22.9 Å². The largest absolute Gasteiger partial charge is 0.454 e. The maximum absolute atomic E-state index is 13.2. The molecule has 0 spiro atoms. The second kappa shape index (κ2) is 7.41. The lowest BCUT2D eigenvalue weighted by molar-refractivity contribution is -0.118. The minimum absolute atomic E-state index is 0.0432. The van der Waals surface area contributed by atoms with E-state index in [9.17, 15) is 9.59 Å². The molecular formula is C26H21N3O4. The SMILES string of the molecule is O=C(Nc1ccccc1)c1cc2cc(NC(=O)C3(c4ccc5c(c4)OCO5)CC3)ccc2[nH]1. The van der Waals surface area contributed by atoms with Gasteiger partial charge in [0.15, 0.2) is 11.5 Å². The van der Waals surface area contributed by atoms with Crippen LogP contribution in [-0.4, -0.2) is 23.6 Å². The zero-order chi connectivity index (χ0) is 22.4. The van der Waals surface area contributed by atoms with Gasteiger partial charge in [-0.05, 0) is 66.9 Å². The van der Waals surface area contributed by atoms with Crippen molar-refractivity contribution in [2.24, 2.45) is 0 Å². The molecule has 2 heterocycles. The van der Waals surface area contributed by atoms with Crippen molar-refractivity contribution in [2.75, 3.05) is 17.4 Å². The third kappa shape index (κ3) is 3.47. The summed E-state index contributed by atoms with van der Waals surface area (Å²) in [5.74, 6) is 1.13. The highest BCUT2D eigenvalue weighted by atomic mass is 16.7. The summed E-state index contributed by atoms with van der Waals surface area (Å²) in [5, 5.41) is 6.77. The number of carbonyl (C=O) groups excluding carboxylic acids is 2. The minimum atomic E-state index is -0.547. The van der Waals surface area contributed by atoms with Gasteiger partial charge in [-0.2, -0.15) is 0 Å². The van der Waals surface area contributed by atoms with Gasteiger partial charge in [-0.15, -0.1) is 0 Å². The van der Waals surface area contributed by atoms with Gasteiger partial charge in [-0.25, -0.2) is 0 Å². The number of fused-ring (bicyclic) bond motifs is 2. The number of rotatable bonds is 5. The standard InChI is InChI=1S/C26H21N3O4/c30-24(27-18-4-2-1-3-5-18)21-13-16-12-19(7-8-20(16)29-21)28-25(31)26(10-11-26)17-6-9-22-23(14-17)33-15-32-22/h1-9,12-14,29H,10-11,15H2,(H,27,30)(H,28,31). The normalized spacial score (nSPS) is 15.3. The molecule has 1 aliphatic heterocycles. The summed E-state index contributed by atoms with van der Waals surface area (Å²) < 4.78 is 10.9. The van der Waals surface area contributed by atoms with Crippen LogP contribution in [0.3, 0.4) is 0 Å². The number of amides is 2. The van der Waals surface area contributed by atoms with Gasteiger partial charge in [-0.1, -0.05) is 24.3 Å². The average molecular weight is 439 g/mol. The van der Waals surface area contributed by atoms with Gasteiger partial charge in [0, 0.05) is 22.3 Å². The highest BCUT2D eigenvalue weighted by Crippen LogP contribution is 2.51. The summed E-state index contributed by atoms with van der Waals surface area (Å²) in [6.45, 7) is 0.208. The van der Waals surface area contributed by atoms with Crippen LogP contribution in [0.4, 0.5) is 11.4 Å². The van der Waals surface area contributed by atoms with Crippen molar-refractivity contribution in [3.05, 3.63) is 84.1 Å². The van der Waals surface area contributed by atoms with Crippen LogP contribution in [0.2, 0.25) is 0 Å². The van der Waals surface area contributed by atoms with Gasteiger partial charge in [-0.3, -0.25) is 9.59 Å². The second-order valence-electron chi connectivity index (χ2n) is 8.41. The Labute approximate surface area is 189 Å². The van der Waals surface area contributed by atoms with E-state index in [1.54, 1.807) is 6.07 Å². The van der Waals surface area contributed by atoms with E-state index in [1.165, 1.54) is 0 Å². The van der Waals surface area contributed by atoms with E-state index in [4.69, 9.17) is 9.47 Å². The van der Waals surface area contributed by atoms with E-state index in [0.717, 1.165) is 35.0 Å². The second-order valence-corrected chi connectivity index (χ2v) is 8.41. The fourth-order valence-electron chi connectivity index (χ4n) is 4.27. The number of hydrogen-bond donors (Lipinski definition) is 3. The molecule has 164 valence electrons. The predicted octanol–water partition coefficient (Wildman–Crippen LogP) is 4.82. The van der Waals surface area contributed by atoms with Gasteiger partial charge >= 0.3 is 0 Å². The molecule has 1 saturated carbocycles. The van der Waals surface area contributed by atoms with E-state index >= 15 is 0 Å². The van der Waals surface area contributed by atoms with Crippen molar-refractivity contribution < 1.29 is 19.1 Å². The molecule has 1 aliphatic carbocycles. The first kappa shape index (κ1) is 19.4. The molecule has 1 aromatic heterocycles. The van der Waals surface area contributed by atoms with Crippen LogP contribution in [0.15, 0.2) is 72.8 Å². The molecular weight excluding hydrogens is 418 g/mol. The topological polar surface area (TPSA) is 92.5 Å². The highest BCUT2D eigenvalue weighted by molar-refractivity contribution is 6.07. The molecule has 6 rings (SSSR count). The van der Waals surface area contributed by atoms with Gasteiger partial charge in [0.1, 0.15) is 5.69 Å². The summed E-state index contributed by atoms with van der Waals surface area (Å²) in [4.78, 5) is 28.9. The molecule has 0 radical (unpaired) electrons. The average Bonchev–Trinajstić information content (AvgIpc) is 3.32. The van der Waals surface area contributed by atoms with Crippen molar-refractivity contribution in [3.8, 4) is 11.5 Å². The maximum Gasteiger partial charge on any atom is 0.272 e. The Morgan fingerprint density at radius 3 is 2.45 bits per heavy atom. The molecule has 2 aliphatic rings. The van der Waals surface area contributed by atoms with E-state index in [-0.39, 0.29) is 18.6 Å². The van der Waals surface area contributed by atoms with Crippen LogP contribution >= 0.6 is 0 Å². The molecule has 1 fully saturated rings. The number of para-hydroxylation sites is 1. The van der Waals surface area contributed by atoms with Crippen molar-refractivity contribution in [3.63, 3.8) is 0 Å². The number of ether oxygens (including phenoxy) is 2. The Morgan fingerprint density at radius 2 is 1.64 bits per heavy atom. The molecule has 7 heteroatoms. The molecule has 4 aromatic rings. The number of anilines is 2. The van der Waals surface area contributed by atoms with Gasteiger partial charge in [0.05, 0.1) is 5.41 Å². The first-order chi connectivity index (χ1) is 16.1. The quantitative estimate of drug-likeness (QED) is 0.416. The van der Waals surface area contributed by atoms with Crippen LogP contribution in [0.25, 0.3) is 10.9 Å². The first-order valence-electron chi connectivity index (χ1n) is 10.8. The predicted molar refractivity (Wildman–Crippen MR) is 125 cm³/mol. The lowest BCUT2D eigenvalue weighted by Crippen LogP contribution is -2.27. The third-order valence-corrected chi connectivity index (χ3v) is 6.26. The Hall–Kier alpha value is -4.26. The zero-order valence-corrected chi connectivity index (χ0v) is 17.7. The van der Waals surface area contributed by atoms with Crippen LogP contribution in [0.5, 0.6) is 11.5 Å². The molecule has 2 amide bonds. The van der Waals surface area contributed by atoms with Crippen LogP contribution < -0.4 is 20.1 Å². The minimum Gasteiger partial charge on any atom is -0.454 e. The van der Waals surface area contributed by atoms with E-state index in [1.807, 2.05) is 66.7 Å². The third-order valence-electron chi connectivity index (χ3n) is 6.26. The monoisotopic (exact) mass is 439 g/mol. The molecule has 7 nitrogen and oxygen atoms in total. The number of benzene rings is 3. The van der Waals surface area contributed by atoms with E-state index in [2.05, 4.69) is 15.6 Å². The Kier molecular flexibility index (Phi) is 4.36. The van der Waals surface area contributed by atoms with Gasteiger partial charge < -0.3 is 25.1 Å². The number of carbonyl (C=O) groups is 2. The number of H-pyrrole nitrogens is 1. The lowest BCUT2D eigenvalue weighted by Gasteiger charge is -2.16. The number of aromatic amines is 1. The first-order valence-corrected chi connectivity index (χ1v) is 10.8. The fraction of sp³-hybridized carbons (Fsp3) is 0.154. The smallest absolute Gasteiger partial charge is 0.272 e. The molecule has 0 bridgehead atoms. The molecule has 33 heavy (non-hydrogen) atoms.